The van der Waals surface area contributed by atoms with Crippen LogP contribution >= 0.6 is 32.1 Å². The van der Waals surface area contributed by atoms with E-state index >= 15 is 0 Å². The van der Waals surface area contributed by atoms with Crippen LogP contribution in [0.4, 0.5) is 0 Å². The van der Waals surface area contributed by atoms with Gasteiger partial charge < -0.3 is 9.47 Å². The molecule has 2 nitrogen and oxygen atoms in total. The van der Waals surface area contributed by atoms with Crippen LogP contribution in [-0.2, 0) is 23.6 Å². The maximum absolute atomic E-state index is 6.06. The van der Waals surface area contributed by atoms with Gasteiger partial charge in [-0.15, -0.1) is 11.4 Å². The standard InChI is InChI=1S/C15H16O2P2S4/c1-16-12-3-7-14(8-4-12)18(20)11-22-19(21,23-18)15-9-5-13(17-2)6-10-15/h3-10H,11H2,1-2H3. The summed E-state index contributed by atoms with van der Waals surface area (Å²) < 4.78 is 8.74. The van der Waals surface area contributed by atoms with Gasteiger partial charge in [0, 0.05) is 16.0 Å². The summed E-state index contributed by atoms with van der Waals surface area (Å²) in [6.07, 6.45) is 0. The fraction of sp³-hybridized carbons (Fsp3) is 0.200. The normalized spacial score (nSPS) is 26.9. The Morgan fingerprint density at radius 1 is 0.826 bits per heavy atom. The summed E-state index contributed by atoms with van der Waals surface area (Å²) in [6.45, 7) is 0. The number of ether oxygens (including phenoxy) is 2. The lowest BCUT2D eigenvalue weighted by Crippen LogP contribution is -2.01. The topological polar surface area (TPSA) is 18.5 Å². The molecule has 0 bridgehead atoms. The van der Waals surface area contributed by atoms with Crippen LogP contribution in [-0.4, -0.2) is 19.7 Å². The lowest BCUT2D eigenvalue weighted by Gasteiger charge is -2.18. The van der Waals surface area contributed by atoms with E-state index in [-0.39, 0.29) is 0 Å². The molecule has 0 amide bonds. The first kappa shape index (κ1) is 17.8. The van der Waals surface area contributed by atoms with Crippen LogP contribution < -0.4 is 20.1 Å². The van der Waals surface area contributed by atoms with E-state index in [1.54, 1.807) is 14.2 Å². The average molecular weight is 419 g/mol. The van der Waals surface area contributed by atoms with Crippen molar-refractivity contribution in [1.29, 1.82) is 0 Å². The molecular weight excluding hydrogens is 402 g/mol. The van der Waals surface area contributed by atoms with Gasteiger partial charge in [-0.3, -0.25) is 0 Å². The van der Waals surface area contributed by atoms with Crippen molar-refractivity contribution in [3.63, 3.8) is 0 Å². The van der Waals surface area contributed by atoms with E-state index in [0.29, 0.717) is 0 Å². The van der Waals surface area contributed by atoms with Gasteiger partial charge in [0.05, 0.1) is 18.7 Å². The Morgan fingerprint density at radius 2 is 1.30 bits per heavy atom. The van der Waals surface area contributed by atoms with Gasteiger partial charge in [0.15, 0.2) is 0 Å². The zero-order valence-corrected chi connectivity index (χ0v) is 17.7. The molecule has 1 aliphatic rings. The maximum Gasteiger partial charge on any atom is 0.118 e. The van der Waals surface area contributed by atoms with E-state index in [1.165, 1.54) is 10.6 Å². The Labute approximate surface area is 155 Å². The highest BCUT2D eigenvalue weighted by atomic mass is 33.4. The molecule has 0 aliphatic carbocycles. The Hall–Kier alpha value is 0.0400. The van der Waals surface area contributed by atoms with Gasteiger partial charge in [-0.1, -0.05) is 34.6 Å². The number of hydrogen-bond donors (Lipinski definition) is 0. The lowest BCUT2D eigenvalue weighted by atomic mass is 10.3. The molecule has 0 radical (unpaired) electrons. The van der Waals surface area contributed by atoms with E-state index in [4.69, 9.17) is 33.1 Å². The van der Waals surface area contributed by atoms with Crippen molar-refractivity contribution in [3.05, 3.63) is 48.5 Å². The highest BCUT2D eigenvalue weighted by Crippen LogP contribution is 2.90. The van der Waals surface area contributed by atoms with Crippen molar-refractivity contribution >= 4 is 66.3 Å². The molecule has 1 heterocycles. The first-order chi connectivity index (χ1) is 11.0. The molecule has 122 valence electrons. The summed E-state index contributed by atoms with van der Waals surface area (Å²) in [4.78, 5) is 0. The van der Waals surface area contributed by atoms with Crippen LogP contribution in [0.25, 0.3) is 0 Å². The number of hydrogen-bond acceptors (Lipinski definition) is 6. The van der Waals surface area contributed by atoms with Crippen molar-refractivity contribution in [2.45, 2.75) is 0 Å². The Balaban J connectivity index is 1.88. The van der Waals surface area contributed by atoms with Crippen molar-refractivity contribution in [2.24, 2.45) is 0 Å². The monoisotopic (exact) mass is 418 g/mol. The van der Waals surface area contributed by atoms with Gasteiger partial charge in [0.25, 0.3) is 0 Å². The number of benzene rings is 2. The molecule has 3 rings (SSSR count). The molecule has 2 aromatic rings. The third-order valence-corrected chi connectivity index (χ3v) is 28.3. The summed E-state index contributed by atoms with van der Waals surface area (Å²) in [6, 6.07) is 16.3. The van der Waals surface area contributed by atoms with Crippen molar-refractivity contribution in [3.8, 4) is 11.5 Å². The minimum Gasteiger partial charge on any atom is -0.497 e. The lowest BCUT2D eigenvalue weighted by molar-refractivity contribution is 0.415. The van der Waals surface area contributed by atoms with Crippen LogP contribution in [0, 0.1) is 0 Å². The summed E-state index contributed by atoms with van der Waals surface area (Å²) in [5, 5.41) is 0.780. The second-order valence-electron chi connectivity index (χ2n) is 4.91. The molecule has 0 N–H and O–H groups in total. The smallest absolute Gasteiger partial charge is 0.118 e. The van der Waals surface area contributed by atoms with Crippen molar-refractivity contribution in [2.75, 3.05) is 19.7 Å². The van der Waals surface area contributed by atoms with Crippen LogP contribution in [0.15, 0.2) is 48.5 Å². The minimum absolute atomic E-state index is 0.860. The van der Waals surface area contributed by atoms with Crippen LogP contribution in [0.3, 0.4) is 0 Å². The average Bonchev–Trinajstić information content (AvgIpc) is 2.93. The highest BCUT2D eigenvalue weighted by molar-refractivity contribution is 9.21. The van der Waals surface area contributed by atoms with Gasteiger partial charge in [0.1, 0.15) is 11.5 Å². The molecule has 1 fully saturated rings. The summed E-state index contributed by atoms with van der Waals surface area (Å²) >= 11 is 15.9. The molecule has 8 heteroatoms. The van der Waals surface area contributed by atoms with Gasteiger partial charge in [0.2, 0.25) is 0 Å². The highest BCUT2D eigenvalue weighted by Gasteiger charge is 2.39. The summed E-state index contributed by atoms with van der Waals surface area (Å²) in [5.41, 5.74) is 0.961. The number of methoxy groups -OCH3 is 2. The third-order valence-electron chi connectivity index (χ3n) is 3.49. The zero-order chi connectivity index (χ0) is 16.5. The van der Waals surface area contributed by atoms with E-state index in [9.17, 15) is 0 Å². The van der Waals surface area contributed by atoms with E-state index in [0.717, 1.165) is 17.0 Å². The van der Waals surface area contributed by atoms with Crippen LogP contribution in [0.1, 0.15) is 0 Å². The fourth-order valence-corrected chi connectivity index (χ4v) is 37.2. The van der Waals surface area contributed by atoms with Crippen LogP contribution in [0.5, 0.6) is 11.5 Å². The van der Waals surface area contributed by atoms with Gasteiger partial charge >= 0.3 is 0 Å². The molecule has 2 unspecified atom stereocenters. The molecule has 0 saturated carbocycles. The van der Waals surface area contributed by atoms with E-state index < -0.39 is 9.68 Å². The Morgan fingerprint density at radius 3 is 1.78 bits per heavy atom. The van der Waals surface area contributed by atoms with Crippen LogP contribution in [0.2, 0.25) is 0 Å². The maximum atomic E-state index is 6.06. The van der Waals surface area contributed by atoms with Gasteiger partial charge in [-0.05, 0) is 53.8 Å². The minimum atomic E-state index is -1.73. The number of rotatable bonds is 4. The zero-order valence-electron chi connectivity index (χ0n) is 12.7. The summed E-state index contributed by atoms with van der Waals surface area (Å²) in [5.74, 6) is 1.72. The Kier molecular flexibility index (Phi) is 5.52. The fourth-order valence-electron chi connectivity index (χ4n) is 2.19. The molecule has 1 saturated heterocycles. The second kappa shape index (κ2) is 7.11. The third kappa shape index (κ3) is 3.68. The molecule has 0 aromatic heterocycles. The predicted octanol–water partition coefficient (Wildman–Crippen LogP) is 4.80. The first-order valence-electron chi connectivity index (χ1n) is 6.83. The molecule has 2 atom stereocenters. The first-order valence-corrected chi connectivity index (χ1v) is 16.2. The quantitative estimate of drug-likeness (QED) is 0.660. The van der Waals surface area contributed by atoms with E-state index in [1.807, 2.05) is 46.6 Å². The largest absolute Gasteiger partial charge is 0.497 e. The molecule has 0 spiro atoms. The molecule has 2 aromatic carbocycles. The molecule has 1 aliphatic heterocycles. The second-order valence-corrected chi connectivity index (χ2v) is 23.9. The van der Waals surface area contributed by atoms with E-state index in [2.05, 4.69) is 24.3 Å². The SMILES string of the molecule is COc1ccc(P2(=S)CSP(=S)(c3ccc(OC)cc3)S2)cc1. The predicted molar refractivity (Wildman–Crippen MR) is 114 cm³/mol. The van der Waals surface area contributed by atoms with Gasteiger partial charge in [-0.25, -0.2) is 0 Å². The molecule has 23 heavy (non-hydrogen) atoms. The summed E-state index contributed by atoms with van der Waals surface area (Å²) in [7, 11) is 3.35. The van der Waals surface area contributed by atoms with Crippen molar-refractivity contribution < 1.29 is 9.47 Å². The van der Waals surface area contributed by atoms with Gasteiger partial charge in [-0.2, -0.15) is 0 Å². The van der Waals surface area contributed by atoms with Crippen molar-refractivity contribution in [1.82, 2.24) is 0 Å². The Bertz CT molecular complexity index is 723. The molecular formula is C15H16O2P2S4.